The second kappa shape index (κ2) is 14.8. The first kappa shape index (κ1) is 37.5. The van der Waals surface area contributed by atoms with Crippen LogP contribution in [0.2, 0.25) is 0 Å². The van der Waals surface area contributed by atoms with Crippen LogP contribution >= 0.6 is 0 Å². The van der Waals surface area contributed by atoms with Gasteiger partial charge in [-0.15, -0.1) is 0 Å². The first-order chi connectivity index (χ1) is 33.2. The van der Waals surface area contributed by atoms with Crippen molar-refractivity contribution in [2.24, 2.45) is 0 Å². The summed E-state index contributed by atoms with van der Waals surface area (Å²) in [4.78, 5) is 2.35. The highest BCUT2D eigenvalue weighted by Crippen LogP contribution is 2.44. The van der Waals surface area contributed by atoms with Gasteiger partial charge in [0.2, 0.25) is 0 Å². The smallest absolute Gasteiger partial charge is 0.143 e. The third kappa shape index (κ3) is 6.06. The minimum atomic E-state index is 0.901. The van der Waals surface area contributed by atoms with Crippen LogP contribution in [0.15, 0.2) is 245 Å². The van der Waals surface area contributed by atoms with E-state index in [4.69, 9.17) is 8.83 Å². The average Bonchev–Trinajstić information content (AvgIpc) is 3.99. The number of benzene rings is 12. The second-order valence-corrected chi connectivity index (χ2v) is 17.6. The molecular formula is C64H39NO2. The van der Waals surface area contributed by atoms with Crippen LogP contribution < -0.4 is 4.90 Å². The molecule has 67 heavy (non-hydrogen) atoms. The number of para-hydroxylation sites is 2. The summed E-state index contributed by atoms with van der Waals surface area (Å²) in [6.45, 7) is 0. The molecule has 0 unspecified atom stereocenters. The molecule has 2 aromatic heterocycles. The minimum Gasteiger partial charge on any atom is -0.455 e. The van der Waals surface area contributed by atoms with Crippen LogP contribution in [-0.4, -0.2) is 0 Å². The number of rotatable bonds is 6. The van der Waals surface area contributed by atoms with Crippen molar-refractivity contribution in [1.82, 2.24) is 0 Å². The van der Waals surface area contributed by atoms with Crippen LogP contribution in [0.25, 0.3) is 120 Å². The van der Waals surface area contributed by atoms with Crippen LogP contribution in [0.4, 0.5) is 17.1 Å². The van der Waals surface area contributed by atoms with Gasteiger partial charge in [-0.1, -0.05) is 176 Å². The molecule has 14 rings (SSSR count). The van der Waals surface area contributed by atoms with Gasteiger partial charge in [0.1, 0.15) is 22.3 Å². The number of nitrogens with zero attached hydrogens (tertiary/aromatic N) is 1. The Balaban J connectivity index is 0.875. The van der Waals surface area contributed by atoms with E-state index in [-0.39, 0.29) is 0 Å². The lowest BCUT2D eigenvalue weighted by molar-refractivity contribution is 0.670. The van der Waals surface area contributed by atoms with Crippen molar-refractivity contribution in [1.29, 1.82) is 0 Å². The van der Waals surface area contributed by atoms with Crippen LogP contribution in [0.1, 0.15) is 0 Å². The van der Waals surface area contributed by atoms with Gasteiger partial charge in [-0.05, 0) is 126 Å². The number of anilines is 3. The van der Waals surface area contributed by atoms with Crippen LogP contribution in [0.3, 0.4) is 0 Å². The maximum Gasteiger partial charge on any atom is 0.143 e. The van der Waals surface area contributed by atoms with E-state index in [1.54, 1.807) is 0 Å². The zero-order valence-corrected chi connectivity index (χ0v) is 36.3. The first-order valence-corrected chi connectivity index (χ1v) is 22.9. The molecule has 0 atom stereocenters. The van der Waals surface area contributed by atoms with E-state index in [0.717, 1.165) is 83.2 Å². The van der Waals surface area contributed by atoms with Gasteiger partial charge >= 0.3 is 0 Å². The van der Waals surface area contributed by atoms with Gasteiger partial charge in [0.15, 0.2) is 0 Å². The molecule has 0 spiro atoms. The molecule has 3 heteroatoms. The molecule has 3 nitrogen and oxygen atoms in total. The molecule has 0 aliphatic heterocycles. The molecule has 0 aliphatic carbocycles. The van der Waals surface area contributed by atoms with E-state index in [1.165, 1.54) is 54.2 Å². The molecule has 0 radical (unpaired) electrons. The molecule has 0 aliphatic rings. The Labute approximate surface area is 386 Å². The van der Waals surface area contributed by atoms with Crippen molar-refractivity contribution in [3.63, 3.8) is 0 Å². The fraction of sp³-hybridized carbons (Fsp3) is 0. The molecular weight excluding hydrogens is 815 g/mol. The fourth-order valence-electron chi connectivity index (χ4n) is 10.5. The molecule has 312 valence electrons. The van der Waals surface area contributed by atoms with E-state index in [2.05, 4.69) is 241 Å². The highest BCUT2D eigenvalue weighted by atomic mass is 16.3. The van der Waals surface area contributed by atoms with Crippen molar-refractivity contribution >= 4 is 104 Å². The summed E-state index contributed by atoms with van der Waals surface area (Å²) in [5.74, 6) is 0. The number of furan rings is 2. The summed E-state index contributed by atoms with van der Waals surface area (Å²) in [6.07, 6.45) is 0. The second-order valence-electron chi connectivity index (χ2n) is 17.6. The number of hydrogen-bond donors (Lipinski definition) is 0. The predicted octanol–water partition coefficient (Wildman–Crippen LogP) is 18.6. The topological polar surface area (TPSA) is 29.5 Å². The molecule has 2 heterocycles. The summed E-state index contributed by atoms with van der Waals surface area (Å²) >= 11 is 0. The van der Waals surface area contributed by atoms with Gasteiger partial charge in [-0.25, -0.2) is 0 Å². The molecule has 0 saturated carbocycles. The third-order valence-electron chi connectivity index (χ3n) is 13.8. The van der Waals surface area contributed by atoms with Crippen molar-refractivity contribution in [2.45, 2.75) is 0 Å². The van der Waals surface area contributed by atoms with E-state index in [1.807, 2.05) is 0 Å². The Hall–Kier alpha value is -8.92. The Bertz CT molecular complexity index is 4070. The van der Waals surface area contributed by atoms with Crippen LogP contribution in [0, 0.1) is 0 Å². The Kier molecular flexibility index (Phi) is 8.28. The Morgan fingerprint density at radius 2 is 0.642 bits per heavy atom. The lowest BCUT2D eigenvalue weighted by Crippen LogP contribution is -2.09. The molecule has 0 N–H and O–H groups in total. The number of hydrogen-bond acceptors (Lipinski definition) is 3. The van der Waals surface area contributed by atoms with Gasteiger partial charge in [0, 0.05) is 49.7 Å². The highest BCUT2D eigenvalue weighted by Gasteiger charge is 2.19. The summed E-state index contributed by atoms with van der Waals surface area (Å²) < 4.78 is 13.3. The highest BCUT2D eigenvalue weighted by molar-refractivity contribution is 6.22. The third-order valence-corrected chi connectivity index (χ3v) is 13.8. The molecule has 0 amide bonds. The van der Waals surface area contributed by atoms with Crippen molar-refractivity contribution in [3.05, 3.63) is 237 Å². The maximum atomic E-state index is 6.65. The van der Waals surface area contributed by atoms with E-state index >= 15 is 0 Å². The largest absolute Gasteiger partial charge is 0.455 e. The van der Waals surface area contributed by atoms with Gasteiger partial charge in [0.25, 0.3) is 0 Å². The summed E-state index contributed by atoms with van der Waals surface area (Å²) in [5, 5.41) is 14.3. The monoisotopic (exact) mass is 853 g/mol. The van der Waals surface area contributed by atoms with E-state index in [9.17, 15) is 0 Å². The van der Waals surface area contributed by atoms with Crippen molar-refractivity contribution in [3.8, 4) is 33.4 Å². The standard InChI is InChI=1S/C64H39NO2/c1-2-12-45-37-46(20-19-40(45)9-1)47-21-22-49-39-52(34-27-48(49)38-47)65(50-30-23-43(24-31-50)55-15-7-17-57-61-53-13-5-3-10-41(53)28-35-59(61)66-63(55)57)51-32-25-44(26-33-51)56-16-8-18-58-62-54-14-6-4-11-42(54)29-36-60(62)67-64(56)58/h1-39H. The fourth-order valence-corrected chi connectivity index (χ4v) is 10.5. The lowest BCUT2D eigenvalue weighted by atomic mass is 9.98. The normalized spacial score (nSPS) is 11.9. The number of fused-ring (bicyclic) bond motifs is 12. The lowest BCUT2D eigenvalue weighted by Gasteiger charge is -2.26. The zero-order chi connectivity index (χ0) is 44.0. The maximum absolute atomic E-state index is 6.65. The van der Waals surface area contributed by atoms with Gasteiger partial charge in [0.05, 0.1) is 0 Å². The molecule has 12 aromatic carbocycles. The summed E-state index contributed by atoms with van der Waals surface area (Å²) in [7, 11) is 0. The van der Waals surface area contributed by atoms with Gasteiger partial charge < -0.3 is 13.7 Å². The Morgan fingerprint density at radius 3 is 1.19 bits per heavy atom. The summed E-state index contributed by atoms with van der Waals surface area (Å²) in [5.41, 5.74) is 13.5. The molecule has 0 saturated heterocycles. The zero-order valence-electron chi connectivity index (χ0n) is 36.3. The Morgan fingerprint density at radius 1 is 0.254 bits per heavy atom. The van der Waals surface area contributed by atoms with Crippen molar-refractivity contribution < 1.29 is 8.83 Å². The van der Waals surface area contributed by atoms with Crippen LogP contribution in [0.5, 0.6) is 0 Å². The molecule has 0 bridgehead atoms. The van der Waals surface area contributed by atoms with Gasteiger partial charge in [-0.2, -0.15) is 0 Å². The first-order valence-electron chi connectivity index (χ1n) is 22.9. The van der Waals surface area contributed by atoms with Crippen LogP contribution in [-0.2, 0) is 0 Å². The molecule has 0 fully saturated rings. The minimum absolute atomic E-state index is 0.901. The summed E-state index contributed by atoms with van der Waals surface area (Å²) in [6, 6.07) is 85.2. The molecule has 14 aromatic rings. The van der Waals surface area contributed by atoms with Gasteiger partial charge in [-0.3, -0.25) is 0 Å². The van der Waals surface area contributed by atoms with E-state index < -0.39 is 0 Å². The predicted molar refractivity (Wildman–Crippen MR) is 282 cm³/mol. The SMILES string of the molecule is c1ccc2cc(-c3ccc4cc(N(c5ccc(-c6cccc7c6oc6ccc8ccccc8c67)cc5)c5ccc(-c6cccc7c6oc6ccc8ccccc8c67)cc5)ccc4c3)ccc2c1. The van der Waals surface area contributed by atoms with Crippen molar-refractivity contribution in [2.75, 3.05) is 4.90 Å². The average molecular weight is 854 g/mol. The quantitative estimate of drug-likeness (QED) is 0.167. The van der Waals surface area contributed by atoms with E-state index in [0.29, 0.717) is 0 Å².